The summed E-state index contributed by atoms with van der Waals surface area (Å²) in [7, 11) is 4.53. The predicted octanol–water partition coefficient (Wildman–Crippen LogP) is 2.18. The average Bonchev–Trinajstić information content (AvgIpc) is 2.50. The van der Waals surface area contributed by atoms with E-state index >= 15 is 0 Å². The second kappa shape index (κ2) is 7.73. The third kappa shape index (κ3) is 3.58. The molecular formula is C15H23NO5. The zero-order valence-corrected chi connectivity index (χ0v) is 13.2. The maximum Gasteiger partial charge on any atom is 0.325 e. The summed E-state index contributed by atoms with van der Waals surface area (Å²) in [6.45, 7) is 5.04. The Balaban J connectivity index is 3.51. The Kier molecular flexibility index (Phi) is 6.30. The van der Waals surface area contributed by atoms with Crippen molar-refractivity contribution >= 4 is 5.97 Å². The van der Waals surface area contributed by atoms with Crippen LogP contribution in [0.3, 0.4) is 0 Å². The van der Waals surface area contributed by atoms with E-state index in [-0.39, 0.29) is 0 Å². The summed E-state index contributed by atoms with van der Waals surface area (Å²) in [6, 6.07) is 2.49. The molecule has 0 radical (unpaired) electrons. The molecule has 0 aliphatic heterocycles. The number of hydrogen-bond acceptors (Lipinski definition) is 5. The fourth-order valence-corrected chi connectivity index (χ4v) is 2.35. The summed E-state index contributed by atoms with van der Waals surface area (Å²) in [5.41, 5.74) is 0.497. The first-order valence-corrected chi connectivity index (χ1v) is 6.80. The van der Waals surface area contributed by atoms with Crippen molar-refractivity contribution < 1.29 is 24.1 Å². The third-order valence-corrected chi connectivity index (χ3v) is 3.44. The van der Waals surface area contributed by atoms with E-state index < -0.39 is 12.0 Å². The number of rotatable bonds is 8. The standard InChI is InChI=1S/C15H23NO5/c1-6-16(7-2)14(15(17)18)13-11(20-4)8-10(19-3)9-12(13)21-5/h8-9,14H,6-7H2,1-5H3,(H,17,18). The van der Waals surface area contributed by atoms with Gasteiger partial charge in [0.2, 0.25) is 0 Å². The molecular weight excluding hydrogens is 274 g/mol. The lowest BCUT2D eigenvalue weighted by Gasteiger charge is -2.29. The molecule has 1 N–H and O–H groups in total. The highest BCUT2D eigenvalue weighted by Gasteiger charge is 2.32. The number of likely N-dealkylation sites (N-methyl/N-ethyl adjacent to an activating group) is 1. The Morgan fingerprint density at radius 3 is 1.86 bits per heavy atom. The van der Waals surface area contributed by atoms with Crippen molar-refractivity contribution in [2.75, 3.05) is 34.4 Å². The number of carboxylic acid groups (broad SMARTS) is 1. The number of methoxy groups -OCH3 is 3. The van der Waals surface area contributed by atoms with Gasteiger partial charge in [-0.3, -0.25) is 9.69 Å². The zero-order valence-electron chi connectivity index (χ0n) is 13.2. The van der Waals surface area contributed by atoms with Crippen molar-refractivity contribution in [3.8, 4) is 17.2 Å². The second-order valence-electron chi connectivity index (χ2n) is 4.41. The summed E-state index contributed by atoms with van der Waals surface area (Å²) in [4.78, 5) is 13.6. The first kappa shape index (κ1) is 17.1. The van der Waals surface area contributed by atoms with E-state index in [1.807, 2.05) is 18.7 Å². The van der Waals surface area contributed by atoms with Crippen LogP contribution in [0.25, 0.3) is 0 Å². The van der Waals surface area contributed by atoms with Gasteiger partial charge in [0.1, 0.15) is 23.3 Å². The van der Waals surface area contributed by atoms with Gasteiger partial charge in [-0.1, -0.05) is 13.8 Å². The van der Waals surface area contributed by atoms with E-state index in [9.17, 15) is 9.90 Å². The Bertz CT molecular complexity index is 460. The molecule has 1 atom stereocenters. The topological polar surface area (TPSA) is 68.2 Å². The van der Waals surface area contributed by atoms with E-state index in [0.29, 0.717) is 35.9 Å². The van der Waals surface area contributed by atoms with Crippen LogP contribution in [0.2, 0.25) is 0 Å². The fourth-order valence-electron chi connectivity index (χ4n) is 2.35. The highest BCUT2D eigenvalue weighted by atomic mass is 16.5. The Morgan fingerprint density at radius 1 is 1.10 bits per heavy atom. The SMILES string of the molecule is CCN(CC)C(C(=O)O)c1c(OC)cc(OC)cc1OC. The zero-order chi connectivity index (χ0) is 16.0. The van der Waals surface area contributed by atoms with Gasteiger partial charge < -0.3 is 19.3 Å². The summed E-state index contributed by atoms with van der Waals surface area (Å²) in [6.07, 6.45) is 0. The minimum absolute atomic E-state index is 0.436. The first-order chi connectivity index (χ1) is 10.0. The summed E-state index contributed by atoms with van der Waals surface area (Å²) in [5.74, 6) is 0.479. The van der Waals surface area contributed by atoms with Crippen LogP contribution in [-0.4, -0.2) is 50.4 Å². The molecule has 0 bridgehead atoms. The number of aliphatic carboxylic acids is 1. The molecule has 0 heterocycles. The molecule has 0 aromatic heterocycles. The molecule has 0 fully saturated rings. The van der Waals surface area contributed by atoms with Crippen LogP contribution in [0.1, 0.15) is 25.5 Å². The molecule has 0 spiro atoms. The Morgan fingerprint density at radius 2 is 1.57 bits per heavy atom. The molecule has 1 aromatic rings. The van der Waals surface area contributed by atoms with Gasteiger partial charge in [-0.2, -0.15) is 0 Å². The van der Waals surface area contributed by atoms with Gasteiger partial charge in [0.05, 0.1) is 26.9 Å². The molecule has 6 heteroatoms. The Hall–Kier alpha value is -1.95. The number of hydrogen-bond donors (Lipinski definition) is 1. The summed E-state index contributed by atoms with van der Waals surface area (Å²) < 4.78 is 15.9. The van der Waals surface area contributed by atoms with Crippen LogP contribution in [0.15, 0.2) is 12.1 Å². The van der Waals surface area contributed by atoms with E-state index in [0.717, 1.165) is 0 Å². The Labute approximate surface area is 125 Å². The van der Waals surface area contributed by atoms with Crippen molar-refractivity contribution in [2.45, 2.75) is 19.9 Å². The van der Waals surface area contributed by atoms with Crippen LogP contribution in [0.4, 0.5) is 0 Å². The normalized spacial score (nSPS) is 12.1. The molecule has 1 unspecified atom stereocenters. The highest BCUT2D eigenvalue weighted by molar-refractivity contribution is 5.78. The number of carbonyl (C=O) groups is 1. The van der Waals surface area contributed by atoms with Crippen molar-refractivity contribution in [2.24, 2.45) is 0 Å². The van der Waals surface area contributed by atoms with Gasteiger partial charge in [-0.25, -0.2) is 0 Å². The van der Waals surface area contributed by atoms with E-state index in [2.05, 4.69) is 0 Å². The number of nitrogens with zero attached hydrogens (tertiary/aromatic N) is 1. The molecule has 118 valence electrons. The van der Waals surface area contributed by atoms with Crippen molar-refractivity contribution in [1.82, 2.24) is 4.90 Å². The van der Waals surface area contributed by atoms with Crippen LogP contribution in [-0.2, 0) is 4.79 Å². The highest BCUT2D eigenvalue weighted by Crippen LogP contribution is 2.40. The molecule has 0 amide bonds. The van der Waals surface area contributed by atoms with Gasteiger partial charge >= 0.3 is 5.97 Å². The number of ether oxygens (including phenoxy) is 3. The maximum absolute atomic E-state index is 11.8. The lowest BCUT2D eigenvalue weighted by Crippen LogP contribution is -2.34. The van der Waals surface area contributed by atoms with Crippen molar-refractivity contribution in [3.05, 3.63) is 17.7 Å². The van der Waals surface area contributed by atoms with Crippen LogP contribution < -0.4 is 14.2 Å². The van der Waals surface area contributed by atoms with Crippen LogP contribution in [0.5, 0.6) is 17.2 Å². The van der Waals surface area contributed by atoms with Gasteiger partial charge in [0.15, 0.2) is 0 Å². The van der Waals surface area contributed by atoms with Crippen molar-refractivity contribution in [1.29, 1.82) is 0 Å². The lowest BCUT2D eigenvalue weighted by molar-refractivity contribution is -0.143. The molecule has 0 saturated carbocycles. The van der Waals surface area contributed by atoms with E-state index in [1.54, 1.807) is 12.1 Å². The predicted molar refractivity (Wildman–Crippen MR) is 79.4 cm³/mol. The second-order valence-corrected chi connectivity index (χ2v) is 4.41. The van der Waals surface area contributed by atoms with Gasteiger partial charge in [-0.15, -0.1) is 0 Å². The van der Waals surface area contributed by atoms with Gasteiger partial charge in [0, 0.05) is 12.1 Å². The number of carboxylic acids is 1. The number of benzene rings is 1. The smallest absolute Gasteiger partial charge is 0.325 e. The molecule has 21 heavy (non-hydrogen) atoms. The minimum Gasteiger partial charge on any atom is -0.496 e. The fraction of sp³-hybridized carbons (Fsp3) is 0.533. The molecule has 0 aliphatic carbocycles. The van der Waals surface area contributed by atoms with Crippen LogP contribution >= 0.6 is 0 Å². The molecule has 0 saturated heterocycles. The van der Waals surface area contributed by atoms with Gasteiger partial charge in [-0.05, 0) is 13.1 Å². The molecule has 6 nitrogen and oxygen atoms in total. The molecule has 1 aromatic carbocycles. The first-order valence-electron chi connectivity index (χ1n) is 6.80. The summed E-state index contributed by atoms with van der Waals surface area (Å²) in [5, 5.41) is 9.64. The molecule has 0 aliphatic rings. The van der Waals surface area contributed by atoms with Crippen LogP contribution in [0, 0.1) is 0 Å². The monoisotopic (exact) mass is 297 g/mol. The quantitative estimate of drug-likeness (QED) is 0.793. The maximum atomic E-state index is 11.8. The van der Waals surface area contributed by atoms with E-state index in [1.165, 1.54) is 21.3 Å². The lowest BCUT2D eigenvalue weighted by atomic mass is 10.0. The summed E-state index contributed by atoms with van der Waals surface area (Å²) >= 11 is 0. The average molecular weight is 297 g/mol. The largest absolute Gasteiger partial charge is 0.496 e. The van der Waals surface area contributed by atoms with Crippen molar-refractivity contribution in [3.63, 3.8) is 0 Å². The molecule has 1 rings (SSSR count). The minimum atomic E-state index is -0.944. The van der Waals surface area contributed by atoms with Gasteiger partial charge in [0.25, 0.3) is 0 Å². The third-order valence-electron chi connectivity index (χ3n) is 3.44. The van der Waals surface area contributed by atoms with E-state index in [4.69, 9.17) is 14.2 Å².